The van der Waals surface area contributed by atoms with Gasteiger partial charge in [0, 0.05) is 48.7 Å². The molecule has 28 heavy (non-hydrogen) atoms. The van der Waals surface area contributed by atoms with Crippen molar-refractivity contribution in [2.45, 2.75) is 19.8 Å². The number of aromatic nitrogens is 2. The van der Waals surface area contributed by atoms with Crippen LogP contribution >= 0.6 is 0 Å². The van der Waals surface area contributed by atoms with Crippen LogP contribution in [0.15, 0.2) is 61.1 Å². The predicted octanol–water partition coefficient (Wildman–Crippen LogP) is 4.12. The molecule has 1 aliphatic rings. The summed E-state index contributed by atoms with van der Waals surface area (Å²) in [5.41, 5.74) is 4.32. The fourth-order valence-electron chi connectivity index (χ4n) is 3.66. The third-order valence-electron chi connectivity index (χ3n) is 5.39. The second-order valence-electron chi connectivity index (χ2n) is 7.33. The lowest BCUT2D eigenvalue weighted by Crippen LogP contribution is -2.40. The van der Waals surface area contributed by atoms with Crippen LogP contribution in [-0.4, -0.2) is 39.6 Å². The van der Waals surface area contributed by atoms with E-state index < -0.39 is 0 Å². The number of Topliss-reactive ketones (excluding diaryl/α,β-unsaturated/α-hetero) is 1. The highest BCUT2D eigenvalue weighted by molar-refractivity contribution is 5.98. The summed E-state index contributed by atoms with van der Waals surface area (Å²) in [4.78, 5) is 34.7. The van der Waals surface area contributed by atoms with Gasteiger partial charge in [0.15, 0.2) is 5.78 Å². The van der Waals surface area contributed by atoms with Gasteiger partial charge in [-0.25, -0.2) is 0 Å². The molecule has 3 heterocycles. The molecule has 0 bridgehead atoms. The Morgan fingerprint density at radius 1 is 1.00 bits per heavy atom. The van der Waals surface area contributed by atoms with Crippen molar-refractivity contribution in [2.75, 3.05) is 13.1 Å². The maximum atomic E-state index is 12.8. The number of aryl methyl sites for hydroxylation is 1. The highest BCUT2D eigenvalue weighted by Gasteiger charge is 2.28. The molecule has 3 aromatic rings. The highest BCUT2D eigenvalue weighted by atomic mass is 16.2. The van der Waals surface area contributed by atoms with E-state index in [0.717, 1.165) is 22.4 Å². The van der Waals surface area contributed by atoms with E-state index in [4.69, 9.17) is 0 Å². The molecule has 1 N–H and O–H groups in total. The molecule has 0 saturated carbocycles. The van der Waals surface area contributed by atoms with E-state index in [2.05, 4.69) is 9.97 Å². The third-order valence-corrected chi connectivity index (χ3v) is 5.39. The molecule has 1 fully saturated rings. The lowest BCUT2D eigenvalue weighted by molar-refractivity contribution is 0.0650. The molecule has 2 aromatic heterocycles. The molecule has 1 aromatic carbocycles. The maximum Gasteiger partial charge on any atom is 0.255 e. The number of rotatable bonds is 4. The Morgan fingerprint density at radius 2 is 1.71 bits per heavy atom. The second-order valence-corrected chi connectivity index (χ2v) is 7.33. The molecule has 4 rings (SSSR count). The Balaban J connectivity index is 1.37. The average molecular weight is 373 g/mol. The van der Waals surface area contributed by atoms with Crippen molar-refractivity contribution in [2.24, 2.45) is 5.92 Å². The van der Waals surface area contributed by atoms with Crippen LogP contribution in [0.5, 0.6) is 0 Å². The average Bonchev–Trinajstić information content (AvgIpc) is 3.28. The molecule has 142 valence electrons. The number of hydrogen-bond donors (Lipinski definition) is 1. The quantitative estimate of drug-likeness (QED) is 0.700. The number of nitrogens with zero attached hydrogens (tertiary/aromatic N) is 2. The minimum absolute atomic E-state index is 0.0131. The molecule has 1 saturated heterocycles. The Morgan fingerprint density at radius 3 is 2.32 bits per heavy atom. The molecule has 5 nitrogen and oxygen atoms in total. The van der Waals surface area contributed by atoms with E-state index in [1.807, 2.05) is 66.7 Å². The number of H-pyrrole nitrogens is 1. The number of carbonyl (C=O) groups excluding carboxylic acids is 2. The van der Waals surface area contributed by atoms with Gasteiger partial charge in [0.05, 0.1) is 11.3 Å². The number of aromatic amines is 1. The molecule has 1 aliphatic heterocycles. The van der Waals surface area contributed by atoms with Crippen LogP contribution in [0.25, 0.3) is 11.3 Å². The standard InChI is InChI=1S/C23H23N3O2/c1-16-2-4-17(5-3-16)22(27)18-9-12-26(13-10-18)23(28)20-6-7-21(25-15-20)19-8-11-24-14-19/h2-8,11,14-15,18,24H,9-10,12-13H2,1H3. The fraction of sp³-hybridized carbons (Fsp3) is 0.261. The zero-order valence-corrected chi connectivity index (χ0v) is 15.9. The van der Waals surface area contributed by atoms with Crippen molar-refractivity contribution >= 4 is 11.7 Å². The first-order valence-electron chi connectivity index (χ1n) is 9.61. The molecular weight excluding hydrogens is 350 g/mol. The second kappa shape index (κ2) is 7.80. The largest absolute Gasteiger partial charge is 0.367 e. The van der Waals surface area contributed by atoms with Crippen LogP contribution in [0.2, 0.25) is 0 Å². The van der Waals surface area contributed by atoms with E-state index in [1.54, 1.807) is 6.20 Å². The van der Waals surface area contributed by atoms with Gasteiger partial charge >= 0.3 is 0 Å². The number of piperidine rings is 1. The minimum Gasteiger partial charge on any atom is -0.367 e. The van der Waals surface area contributed by atoms with Crippen molar-refractivity contribution in [3.05, 3.63) is 77.7 Å². The van der Waals surface area contributed by atoms with E-state index in [1.165, 1.54) is 0 Å². The first kappa shape index (κ1) is 18.2. The fourth-order valence-corrected chi connectivity index (χ4v) is 3.66. The Bertz CT molecular complexity index is 952. The number of carbonyl (C=O) groups is 2. The molecule has 0 radical (unpaired) electrons. The van der Waals surface area contributed by atoms with Gasteiger partial charge in [0.1, 0.15) is 0 Å². The van der Waals surface area contributed by atoms with Crippen LogP contribution < -0.4 is 0 Å². The van der Waals surface area contributed by atoms with Gasteiger partial charge in [-0.1, -0.05) is 29.8 Å². The monoisotopic (exact) mass is 373 g/mol. The van der Waals surface area contributed by atoms with Crippen LogP contribution in [0.4, 0.5) is 0 Å². The van der Waals surface area contributed by atoms with Gasteiger partial charge in [0.2, 0.25) is 0 Å². The summed E-state index contributed by atoms with van der Waals surface area (Å²) in [5.74, 6) is 0.153. The summed E-state index contributed by atoms with van der Waals surface area (Å²) < 4.78 is 0. The number of amides is 1. The van der Waals surface area contributed by atoms with Gasteiger partial charge in [-0.05, 0) is 38.0 Å². The van der Waals surface area contributed by atoms with Crippen molar-refractivity contribution in [3.63, 3.8) is 0 Å². The predicted molar refractivity (Wildman–Crippen MR) is 108 cm³/mol. The van der Waals surface area contributed by atoms with Crippen molar-refractivity contribution in [1.82, 2.24) is 14.9 Å². The molecular formula is C23H23N3O2. The van der Waals surface area contributed by atoms with E-state index in [9.17, 15) is 9.59 Å². The van der Waals surface area contributed by atoms with Gasteiger partial charge in [0.25, 0.3) is 5.91 Å². The lowest BCUT2D eigenvalue weighted by Gasteiger charge is -2.31. The lowest BCUT2D eigenvalue weighted by atomic mass is 9.88. The van der Waals surface area contributed by atoms with Crippen LogP contribution in [0, 0.1) is 12.8 Å². The van der Waals surface area contributed by atoms with E-state index >= 15 is 0 Å². The number of benzene rings is 1. The first-order valence-corrected chi connectivity index (χ1v) is 9.61. The van der Waals surface area contributed by atoms with Crippen LogP contribution in [0.3, 0.4) is 0 Å². The number of hydrogen-bond acceptors (Lipinski definition) is 3. The molecule has 5 heteroatoms. The third kappa shape index (κ3) is 3.74. The van der Waals surface area contributed by atoms with Crippen LogP contribution in [-0.2, 0) is 0 Å². The minimum atomic E-state index is -0.0191. The van der Waals surface area contributed by atoms with Crippen LogP contribution in [0.1, 0.15) is 39.1 Å². The smallest absolute Gasteiger partial charge is 0.255 e. The van der Waals surface area contributed by atoms with Gasteiger partial charge in [-0.2, -0.15) is 0 Å². The van der Waals surface area contributed by atoms with Gasteiger partial charge < -0.3 is 9.88 Å². The number of pyridine rings is 1. The SMILES string of the molecule is Cc1ccc(C(=O)C2CCN(C(=O)c3ccc(-c4cc[nH]c4)nc3)CC2)cc1. The Hall–Kier alpha value is -3.21. The number of nitrogens with one attached hydrogen (secondary N) is 1. The highest BCUT2D eigenvalue weighted by Crippen LogP contribution is 2.24. The summed E-state index contributed by atoms with van der Waals surface area (Å²) in [6.07, 6.45) is 6.76. The van der Waals surface area contributed by atoms with Gasteiger partial charge in [-0.3, -0.25) is 14.6 Å². The topological polar surface area (TPSA) is 66.1 Å². The van der Waals surface area contributed by atoms with Gasteiger partial charge in [-0.15, -0.1) is 0 Å². The first-order chi connectivity index (χ1) is 13.6. The maximum absolute atomic E-state index is 12.8. The van der Waals surface area contributed by atoms with Crippen molar-refractivity contribution in [3.8, 4) is 11.3 Å². The molecule has 0 atom stereocenters. The molecule has 0 aliphatic carbocycles. The summed E-state index contributed by atoms with van der Waals surface area (Å²) in [5, 5.41) is 0. The molecule has 0 unspecified atom stereocenters. The Labute approximate surface area is 164 Å². The van der Waals surface area contributed by atoms with Crippen molar-refractivity contribution in [1.29, 1.82) is 0 Å². The zero-order chi connectivity index (χ0) is 19.5. The number of ketones is 1. The summed E-state index contributed by atoms with van der Waals surface area (Å²) in [6, 6.07) is 13.4. The summed E-state index contributed by atoms with van der Waals surface area (Å²) >= 11 is 0. The zero-order valence-electron chi connectivity index (χ0n) is 15.9. The van der Waals surface area contributed by atoms with Crippen molar-refractivity contribution < 1.29 is 9.59 Å². The number of likely N-dealkylation sites (tertiary alicyclic amines) is 1. The van der Waals surface area contributed by atoms with E-state index in [0.29, 0.717) is 31.5 Å². The molecule has 1 amide bonds. The Kier molecular flexibility index (Phi) is 5.06. The molecule has 0 spiro atoms. The summed E-state index contributed by atoms with van der Waals surface area (Å²) in [7, 11) is 0. The van der Waals surface area contributed by atoms with E-state index in [-0.39, 0.29) is 17.6 Å². The summed E-state index contributed by atoms with van der Waals surface area (Å²) in [6.45, 7) is 3.21. The normalized spacial score (nSPS) is 14.8.